The molecule has 2 heterocycles. The van der Waals surface area contributed by atoms with Gasteiger partial charge >= 0.3 is 0 Å². The lowest BCUT2D eigenvalue weighted by Crippen LogP contribution is -2.27. The van der Waals surface area contributed by atoms with Crippen molar-refractivity contribution in [1.29, 1.82) is 0 Å². The molecule has 1 aromatic heterocycles. The Labute approximate surface area is 203 Å². The lowest BCUT2D eigenvalue weighted by Gasteiger charge is -2.31. The van der Waals surface area contributed by atoms with E-state index >= 15 is 0 Å². The summed E-state index contributed by atoms with van der Waals surface area (Å²) in [5, 5.41) is 0. The van der Waals surface area contributed by atoms with E-state index in [2.05, 4.69) is 70.6 Å². The number of hydrogen-bond acceptors (Lipinski definition) is 6. The monoisotopic (exact) mass is 481 g/mol. The lowest BCUT2D eigenvalue weighted by atomic mass is 9.92. The molecule has 0 N–H and O–H groups in total. The predicted octanol–water partition coefficient (Wildman–Crippen LogP) is 5.58. The van der Waals surface area contributed by atoms with Gasteiger partial charge in [0.2, 0.25) is 0 Å². The van der Waals surface area contributed by atoms with Gasteiger partial charge in [-0.3, -0.25) is 0 Å². The van der Waals surface area contributed by atoms with Gasteiger partial charge in [-0.1, -0.05) is 44.2 Å². The summed E-state index contributed by atoms with van der Waals surface area (Å²) in [5.74, 6) is 2.10. The Kier molecular flexibility index (Phi) is 8.17. The summed E-state index contributed by atoms with van der Waals surface area (Å²) < 4.78 is 19.8. The minimum Gasteiger partial charge on any atom is -0.494 e. The van der Waals surface area contributed by atoms with Gasteiger partial charge < -0.3 is 4.74 Å². The second-order valence-electron chi connectivity index (χ2n) is 8.48. The molecule has 0 aliphatic carbocycles. The maximum Gasteiger partial charge on any atom is 0.159 e. The Hall–Kier alpha value is -2.22. The van der Waals surface area contributed by atoms with Crippen molar-refractivity contribution in [2.24, 2.45) is 0 Å². The first-order chi connectivity index (χ1) is 16.0. The molecule has 33 heavy (non-hydrogen) atoms. The van der Waals surface area contributed by atoms with Crippen LogP contribution in [0.4, 0.5) is 0 Å². The highest BCUT2D eigenvalue weighted by Gasteiger charge is 2.24. The minimum atomic E-state index is -0.882. The SMILES string of the molecule is CCc1cnc(-c2ccc(CCCOc3ccc4c(c3)C(C)CN(SS(C)=O)C4)cc2)nc1. The second-order valence-corrected chi connectivity index (χ2v) is 11.8. The van der Waals surface area contributed by atoms with Gasteiger partial charge in [0.05, 0.1) is 16.4 Å². The minimum absolute atomic E-state index is 0.397. The summed E-state index contributed by atoms with van der Waals surface area (Å²) in [6, 6.07) is 14.9. The Bertz CT molecular complexity index is 1090. The highest BCUT2D eigenvalue weighted by Crippen LogP contribution is 2.34. The molecule has 7 heteroatoms. The molecule has 0 saturated carbocycles. The molecule has 1 aliphatic heterocycles. The van der Waals surface area contributed by atoms with Crippen LogP contribution in [0.25, 0.3) is 11.4 Å². The zero-order valence-electron chi connectivity index (χ0n) is 19.5. The normalized spacial score (nSPS) is 16.9. The summed E-state index contributed by atoms with van der Waals surface area (Å²) in [6.45, 7) is 6.75. The quantitative estimate of drug-likeness (QED) is 0.226. The number of nitrogens with zero attached hydrogens (tertiary/aromatic N) is 3. The van der Waals surface area contributed by atoms with Gasteiger partial charge in [0, 0.05) is 48.3 Å². The van der Waals surface area contributed by atoms with Gasteiger partial charge in [-0.05, 0) is 59.6 Å². The molecule has 0 radical (unpaired) electrons. The third-order valence-electron chi connectivity index (χ3n) is 5.89. The lowest BCUT2D eigenvalue weighted by molar-refractivity contribution is 0.309. The first kappa shape index (κ1) is 23.9. The van der Waals surface area contributed by atoms with E-state index in [0.29, 0.717) is 12.5 Å². The summed E-state index contributed by atoms with van der Waals surface area (Å²) in [4.78, 5) is 8.92. The van der Waals surface area contributed by atoms with Crippen LogP contribution in [0.2, 0.25) is 0 Å². The fourth-order valence-electron chi connectivity index (χ4n) is 4.10. The molecule has 0 spiro atoms. The number of rotatable bonds is 9. The number of ether oxygens (including phenoxy) is 1. The van der Waals surface area contributed by atoms with E-state index in [9.17, 15) is 4.21 Å². The number of benzene rings is 2. The number of hydrogen-bond donors (Lipinski definition) is 0. The van der Waals surface area contributed by atoms with Crippen molar-refractivity contribution in [3.05, 3.63) is 77.1 Å². The van der Waals surface area contributed by atoms with Crippen LogP contribution in [-0.2, 0) is 29.2 Å². The molecule has 4 rings (SSSR count). The second kappa shape index (κ2) is 11.3. The van der Waals surface area contributed by atoms with E-state index in [-0.39, 0.29) is 0 Å². The molecule has 0 fully saturated rings. The zero-order chi connectivity index (χ0) is 23.2. The van der Waals surface area contributed by atoms with E-state index in [1.165, 1.54) is 27.7 Å². The van der Waals surface area contributed by atoms with Crippen molar-refractivity contribution in [3.8, 4) is 17.1 Å². The molecule has 2 atom stereocenters. The van der Waals surface area contributed by atoms with Gasteiger partial charge in [-0.15, -0.1) is 0 Å². The fourth-order valence-corrected chi connectivity index (χ4v) is 6.11. The largest absolute Gasteiger partial charge is 0.494 e. The number of aromatic nitrogens is 2. The summed E-state index contributed by atoms with van der Waals surface area (Å²) in [6.07, 6.45) is 8.41. The van der Waals surface area contributed by atoms with Crippen LogP contribution in [0.5, 0.6) is 5.75 Å². The smallest absolute Gasteiger partial charge is 0.159 e. The van der Waals surface area contributed by atoms with Crippen molar-refractivity contribution < 1.29 is 8.95 Å². The highest BCUT2D eigenvalue weighted by atomic mass is 33.1. The maximum absolute atomic E-state index is 11.5. The molecule has 0 amide bonds. The zero-order valence-corrected chi connectivity index (χ0v) is 21.1. The summed E-state index contributed by atoms with van der Waals surface area (Å²) in [7, 11) is 0.548. The van der Waals surface area contributed by atoms with E-state index in [1.54, 1.807) is 6.26 Å². The van der Waals surface area contributed by atoms with E-state index in [4.69, 9.17) is 4.74 Å². The maximum atomic E-state index is 11.5. The molecule has 2 aromatic carbocycles. The Balaban J connectivity index is 1.27. The molecule has 0 bridgehead atoms. The highest BCUT2D eigenvalue weighted by molar-refractivity contribution is 8.67. The van der Waals surface area contributed by atoms with Crippen LogP contribution in [0, 0.1) is 0 Å². The third kappa shape index (κ3) is 6.43. The first-order valence-electron chi connectivity index (χ1n) is 11.4. The van der Waals surface area contributed by atoms with Crippen molar-refractivity contribution in [2.75, 3.05) is 19.4 Å². The van der Waals surface area contributed by atoms with Crippen LogP contribution in [-0.4, -0.2) is 37.9 Å². The topological polar surface area (TPSA) is 55.3 Å². The molecule has 174 valence electrons. The van der Waals surface area contributed by atoms with E-state index in [0.717, 1.165) is 55.1 Å². The van der Waals surface area contributed by atoms with Crippen molar-refractivity contribution >= 4 is 20.8 Å². The van der Waals surface area contributed by atoms with E-state index in [1.807, 2.05) is 12.4 Å². The standard InChI is InChI=1S/C26H31N3O2S2/c1-4-20-15-27-26(28-16-20)22-9-7-21(8-10-22)6-5-13-31-24-12-11-23-18-29(32-33(3)30)17-19(2)25(23)14-24/h7-12,14-16,19H,4-6,13,17-18H2,1-3H3. The fraction of sp³-hybridized carbons (Fsp3) is 0.385. The van der Waals surface area contributed by atoms with Crippen LogP contribution in [0.1, 0.15) is 48.4 Å². The van der Waals surface area contributed by atoms with Crippen molar-refractivity contribution in [1.82, 2.24) is 14.3 Å². The predicted molar refractivity (Wildman–Crippen MR) is 138 cm³/mol. The van der Waals surface area contributed by atoms with Crippen LogP contribution in [0.15, 0.2) is 54.9 Å². The molecule has 5 nitrogen and oxygen atoms in total. The molecule has 0 saturated heterocycles. The van der Waals surface area contributed by atoms with E-state index < -0.39 is 9.83 Å². The number of aryl methyl sites for hydroxylation is 2. The van der Waals surface area contributed by atoms with Gasteiger partial charge in [0.15, 0.2) is 5.82 Å². The van der Waals surface area contributed by atoms with Gasteiger partial charge in [-0.25, -0.2) is 18.5 Å². The van der Waals surface area contributed by atoms with Gasteiger partial charge in [0.25, 0.3) is 0 Å². The molecule has 2 unspecified atom stereocenters. The Morgan fingerprint density at radius 2 is 1.88 bits per heavy atom. The third-order valence-corrected chi connectivity index (χ3v) is 7.85. The van der Waals surface area contributed by atoms with Crippen LogP contribution >= 0.6 is 11.0 Å². The average molecular weight is 482 g/mol. The summed E-state index contributed by atoms with van der Waals surface area (Å²) in [5.41, 5.74) is 6.13. The first-order valence-corrected chi connectivity index (χ1v) is 14.3. The molecular formula is C26H31N3O2S2. The van der Waals surface area contributed by atoms with Gasteiger partial charge in [-0.2, -0.15) is 0 Å². The Morgan fingerprint density at radius 3 is 2.58 bits per heavy atom. The van der Waals surface area contributed by atoms with Crippen LogP contribution < -0.4 is 4.74 Å². The molecule has 3 aromatic rings. The Morgan fingerprint density at radius 1 is 1.12 bits per heavy atom. The van der Waals surface area contributed by atoms with Crippen LogP contribution in [0.3, 0.4) is 0 Å². The average Bonchev–Trinajstić information content (AvgIpc) is 2.82. The summed E-state index contributed by atoms with van der Waals surface area (Å²) >= 11 is 0. The number of fused-ring (bicyclic) bond motifs is 1. The van der Waals surface area contributed by atoms with Crippen molar-refractivity contribution in [2.45, 2.75) is 45.6 Å². The van der Waals surface area contributed by atoms with Crippen molar-refractivity contribution in [3.63, 3.8) is 0 Å². The molecular weight excluding hydrogens is 450 g/mol. The van der Waals surface area contributed by atoms with Gasteiger partial charge in [0.1, 0.15) is 5.75 Å². The molecule has 1 aliphatic rings.